The van der Waals surface area contributed by atoms with E-state index >= 15 is 0 Å². The number of amides is 1. The summed E-state index contributed by atoms with van der Waals surface area (Å²) in [7, 11) is 0. The van der Waals surface area contributed by atoms with Gasteiger partial charge in [-0.05, 0) is 12.1 Å². The van der Waals surface area contributed by atoms with Crippen molar-refractivity contribution in [2.75, 3.05) is 19.0 Å². The molecule has 2 heterocycles. The number of carboxylic acids is 1. The fourth-order valence-corrected chi connectivity index (χ4v) is 2.45. The van der Waals surface area contributed by atoms with Gasteiger partial charge in [0, 0.05) is 6.20 Å². The van der Waals surface area contributed by atoms with Crippen LogP contribution in [0.25, 0.3) is 11.2 Å². The fourth-order valence-electron chi connectivity index (χ4n) is 1.70. The first-order valence-corrected chi connectivity index (χ1v) is 7.08. The molecule has 0 bridgehead atoms. The Hall–Kier alpha value is -2.13. The van der Waals surface area contributed by atoms with Crippen LogP contribution in [-0.4, -0.2) is 50.5 Å². The first kappa shape index (κ1) is 15.3. The average molecular weight is 310 g/mol. The highest BCUT2D eigenvalue weighted by molar-refractivity contribution is 7.99. The van der Waals surface area contributed by atoms with Gasteiger partial charge in [0.15, 0.2) is 10.8 Å². The van der Waals surface area contributed by atoms with Gasteiger partial charge in [-0.3, -0.25) is 9.59 Å². The van der Waals surface area contributed by atoms with Gasteiger partial charge >= 0.3 is 5.97 Å². The summed E-state index contributed by atoms with van der Waals surface area (Å²) < 4.78 is 6.89. The second-order valence-corrected chi connectivity index (χ2v) is 5.04. The van der Waals surface area contributed by atoms with Crippen molar-refractivity contribution in [2.45, 2.75) is 11.7 Å². The van der Waals surface area contributed by atoms with Crippen molar-refractivity contribution >= 4 is 34.8 Å². The van der Waals surface area contributed by atoms with Crippen LogP contribution in [-0.2, 0) is 20.9 Å². The monoisotopic (exact) mass is 310 g/mol. The molecule has 8 nitrogen and oxygen atoms in total. The first-order valence-electron chi connectivity index (χ1n) is 6.10. The zero-order valence-electron chi connectivity index (χ0n) is 11.1. The number of fused-ring (bicyclic) bond motifs is 1. The third-order valence-electron chi connectivity index (χ3n) is 2.50. The number of pyridine rings is 1. The van der Waals surface area contributed by atoms with Crippen LogP contribution in [0.4, 0.5) is 0 Å². The summed E-state index contributed by atoms with van der Waals surface area (Å²) in [6, 6.07) is 3.56. The van der Waals surface area contributed by atoms with E-state index in [1.807, 2.05) is 0 Å². The molecule has 0 unspecified atom stereocenters. The minimum absolute atomic E-state index is 0.0918. The number of carbonyl (C=O) groups excluding carboxylic acids is 1. The minimum Gasteiger partial charge on any atom is -0.481 e. The zero-order chi connectivity index (χ0) is 15.2. The highest BCUT2D eigenvalue weighted by atomic mass is 32.2. The summed E-state index contributed by atoms with van der Waals surface area (Å²) in [5.41, 5.74) is 6.32. The molecule has 112 valence electrons. The fraction of sp³-hybridized carbons (Fsp3) is 0.333. The van der Waals surface area contributed by atoms with Gasteiger partial charge in [-0.1, -0.05) is 11.8 Å². The molecule has 2 aromatic rings. The Kier molecular flexibility index (Phi) is 5.12. The molecular formula is C12H14N4O4S. The lowest BCUT2D eigenvalue weighted by Crippen LogP contribution is -2.20. The van der Waals surface area contributed by atoms with Gasteiger partial charge in [0.25, 0.3) is 0 Å². The quantitative estimate of drug-likeness (QED) is 0.524. The number of carboxylic acid groups (broad SMARTS) is 1. The van der Waals surface area contributed by atoms with Crippen LogP contribution >= 0.6 is 11.8 Å². The van der Waals surface area contributed by atoms with E-state index < -0.39 is 11.9 Å². The maximum absolute atomic E-state index is 10.7. The minimum atomic E-state index is -0.920. The van der Waals surface area contributed by atoms with Crippen LogP contribution in [0, 0.1) is 0 Å². The van der Waals surface area contributed by atoms with Crippen LogP contribution in [0.3, 0.4) is 0 Å². The van der Waals surface area contributed by atoms with E-state index in [1.54, 1.807) is 22.9 Å². The van der Waals surface area contributed by atoms with Crippen molar-refractivity contribution in [3.63, 3.8) is 0 Å². The lowest BCUT2D eigenvalue weighted by molar-refractivity contribution is -0.134. The van der Waals surface area contributed by atoms with E-state index in [0.29, 0.717) is 22.9 Å². The highest BCUT2D eigenvalue weighted by Gasteiger charge is 2.13. The maximum atomic E-state index is 10.7. The molecule has 0 aliphatic rings. The van der Waals surface area contributed by atoms with Crippen molar-refractivity contribution in [1.82, 2.24) is 14.5 Å². The third kappa shape index (κ3) is 4.17. The van der Waals surface area contributed by atoms with Crippen molar-refractivity contribution in [1.29, 1.82) is 0 Å². The Balaban J connectivity index is 2.15. The molecule has 0 fully saturated rings. The van der Waals surface area contributed by atoms with E-state index in [2.05, 4.69) is 9.97 Å². The molecule has 0 atom stereocenters. The van der Waals surface area contributed by atoms with Crippen LogP contribution in [0.1, 0.15) is 0 Å². The highest BCUT2D eigenvalue weighted by Crippen LogP contribution is 2.22. The predicted molar refractivity (Wildman–Crippen MR) is 75.9 cm³/mol. The van der Waals surface area contributed by atoms with Gasteiger partial charge < -0.3 is 20.1 Å². The number of ether oxygens (including phenoxy) is 1. The topological polar surface area (TPSA) is 120 Å². The summed E-state index contributed by atoms with van der Waals surface area (Å²) in [6.07, 6.45) is 1.64. The van der Waals surface area contributed by atoms with Crippen LogP contribution < -0.4 is 5.73 Å². The van der Waals surface area contributed by atoms with Gasteiger partial charge in [-0.2, -0.15) is 0 Å². The summed E-state index contributed by atoms with van der Waals surface area (Å²) in [5.74, 6) is -1.55. The average Bonchev–Trinajstić information content (AvgIpc) is 2.79. The molecule has 0 saturated heterocycles. The lowest BCUT2D eigenvalue weighted by Gasteiger charge is -2.07. The van der Waals surface area contributed by atoms with Gasteiger partial charge in [0.1, 0.15) is 12.1 Å². The number of aromatic nitrogens is 3. The number of imidazole rings is 1. The number of aliphatic carboxylic acids is 1. The van der Waals surface area contributed by atoms with Crippen LogP contribution in [0.5, 0.6) is 0 Å². The molecule has 9 heteroatoms. The molecule has 0 spiro atoms. The molecule has 2 aromatic heterocycles. The van der Waals surface area contributed by atoms with E-state index in [-0.39, 0.29) is 19.0 Å². The molecule has 3 N–H and O–H groups in total. The van der Waals surface area contributed by atoms with Crippen molar-refractivity contribution in [3.05, 3.63) is 18.3 Å². The molecule has 0 saturated carbocycles. The number of nitrogens with zero attached hydrogens (tertiary/aromatic N) is 3. The number of primary amides is 1. The summed E-state index contributed by atoms with van der Waals surface area (Å²) in [6.45, 7) is 0.506. The first-order chi connectivity index (χ1) is 10.1. The molecule has 21 heavy (non-hydrogen) atoms. The molecular weight excluding hydrogens is 296 g/mol. The number of carbonyl (C=O) groups is 2. The molecule has 0 aromatic carbocycles. The summed E-state index contributed by atoms with van der Waals surface area (Å²) in [5, 5.41) is 9.32. The Morgan fingerprint density at radius 2 is 2.29 bits per heavy atom. The normalized spacial score (nSPS) is 10.9. The van der Waals surface area contributed by atoms with Crippen molar-refractivity contribution in [3.8, 4) is 0 Å². The van der Waals surface area contributed by atoms with Crippen molar-refractivity contribution < 1.29 is 19.4 Å². The van der Waals surface area contributed by atoms with Crippen LogP contribution in [0.2, 0.25) is 0 Å². The number of hydrogen-bond donors (Lipinski definition) is 2. The molecule has 1 amide bonds. The second kappa shape index (κ2) is 7.04. The molecule has 0 aliphatic carbocycles. The Labute approximate surface area is 124 Å². The van der Waals surface area contributed by atoms with E-state index in [4.69, 9.17) is 15.6 Å². The SMILES string of the molecule is NC(=O)COCCn1c(SCC(=O)O)nc2cccnc21. The number of nitrogens with two attached hydrogens (primary N) is 1. The molecule has 0 radical (unpaired) electrons. The van der Waals surface area contributed by atoms with Crippen molar-refractivity contribution in [2.24, 2.45) is 5.73 Å². The Bertz CT molecular complexity index is 658. The number of rotatable bonds is 8. The number of thioether (sulfide) groups is 1. The van der Waals surface area contributed by atoms with Gasteiger partial charge in [0.05, 0.1) is 18.9 Å². The maximum Gasteiger partial charge on any atom is 0.313 e. The lowest BCUT2D eigenvalue weighted by atomic mass is 10.4. The largest absolute Gasteiger partial charge is 0.481 e. The summed E-state index contributed by atoms with van der Waals surface area (Å²) >= 11 is 1.11. The Morgan fingerprint density at radius 1 is 1.48 bits per heavy atom. The second-order valence-electron chi connectivity index (χ2n) is 4.09. The van der Waals surface area contributed by atoms with E-state index in [1.165, 1.54) is 0 Å². The standard InChI is InChI=1S/C12H14N4O4S/c13-9(17)6-20-5-4-16-11-8(2-1-3-14-11)15-12(16)21-7-10(18)19/h1-3H,4-7H2,(H2,13,17)(H,18,19). The van der Waals surface area contributed by atoms with Gasteiger partial charge in [-0.25, -0.2) is 9.97 Å². The van der Waals surface area contributed by atoms with E-state index in [0.717, 1.165) is 11.8 Å². The predicted octanol–water partition coefficient (Wildman–Crippen LogP) is 0.110. The Morgan fingerprint density at radius 3 is 3.00 bits per heavy atom. The van der Waals surface area contributed by atoms with Crippen LogP contribution in [0.15, 0.2) is 23.5 Å². The molecule has 2 rings (SSSR count). The van der Waals surface area contributed by atoms with Gasteiger partial charge in [0.2, 0.25) is 5.91 Å². The zero-order valence-corrected chi connectivity index (χ0v) is 11.9. The summed E-state index contributed by atoms with van der Waals surface area (Å²) in [4.78, 5) is 29.9. The smallest absolute Gasteiger partial charge is 0.313 e. The van der Waals surface area contributed by atoms with Gasteiger partial charge in [-0.15, -0.1) is 0 Å². The van der Waals surface area contributed by atoms with E-state index in [9.17, 15) is 9.59 Å². The number of hydrogen-bond acceptors (Lipinski definition) is 6. The molecule has 0 aliphatic heterocycles. The third-order valence-corrected chi connectivity index (χ3v) is 3.46.